The van der Waals surface area contributed by atoms with Crippen LogP contribution < -0.4 is 16.0 Å². The van der Waals surface area contributed by atoms with Gasteiger partial charge in [0.05, 0.1) is 17.3 Å². The summed E-state index contributed by atoms with van der Waals surface area (Å²) in [7, 11) is 0. The number of alkyl halides is 1. The summed E-state index contributed by atoms with van der Waals surface area (Å²) in [6, 6.07) is 7.45. The number of hydrogen-bond donors (Lipinski definition) is 3. The molecule has 0 bridgehead atoms. The van der Waals surface area contributed by atoms with E-state index >= 15 is 0 Å². The van der Waals surface area contributed by atoms with Crippen molar-refractivity contribution in [1.82, 2.24) is 20.1 Å². The summed E-state index contributed by atoms with van der Waals surface area (Å²) in [6.45, 7) is 9.71. The fourth-order valence-corrected chi connectivity index (χ4v) is 5.75. The first kappa shape index (κ1) is 33.6. The van der Waals surface area contributed by atoms with Gasteiger partial charge in [0.2, 0.25) is 5.91 Å². The Hall–Kier alpha value is -2.94. The predicted octanol–water partition coefficient (Wildman–Crippen LogP) is 8.00. The molecule has 230 valence electrons. The third-order valence-corrected chi connectivity index (χ3v) is 8.18. The summed E-state index contributed by atoms with van der Waals surface area (Å²) in [5.41, 5.74) is 5.15. The van der Waals surface area contributed by atoms with Crippen LogP contribution in [0.25, 0.3) is 11.0 Å². The topological polar surface area (TPSA) is 101 Å². The van der Waals surface area contributed by atoms with Crippen molar-refractivity contribution in [2.75, 3.05) is 16.0 Å². The number of halogens is 1. The molecule has 0 atom stereocenters. The fraction of sp³-hybridized carbons (Fsp3) is 0.576. The van der Waals surface area contributed by atoms with Crippen molar-refractivity contribution in [2.24, 2.45) is 0 Å². The number of amides is 2. The zero-order chi connectivity index (χ0) is 30.3. The van der Waals surface area contributed by atoms with Crippen LogP contribution in [-0.4, -0.2) is 38.0 Å². The third-order valence-electron chi connectivity index (χ3n) is 7.62. The lowest BCUT2D eigenvalue weighted by Gasteiger charge is -2.23. The van der Waals surface area contributed by atoms with E-state index in [4.69, 9.17) is 4.98 Å². The van der Waals surface area contributed by atoms with Gasteiger partial charge in [0.25, 0.3) is 5.91 Å². The SMILES string of the molecule is CCCC(CCC)Nc1c(CNC(=O)c2ccc(NC(=O)CCCCCCCBr)cc2)c(CC)nc2c1cnn2CC. The molecule has 0 aliphatic heterocycles. The van der Waals surface area contributed by atoms with Crippen LogP contribution in [0.3, 0.4) is 0 Å². The molecule has 0 aliphatic carbocycles. The predicted molar refractivity (Wildman–Crippen MR) is 178 cm³/mol. The molecule has 42 heavy (non-hydrogen) atoms. The maximum Gasteiger partial charge on any atom is 0.251 e. The molecule has 2 aromatic heterocycles. The standard InChI is InChI=1S/C33H49BrN6O2/c1-5-14-25(15-6-2)38-31-27(29(7-3)39-32-28(31)23-36-40(32)8-4)22-35-33(42)24-17-19-26(20-18-24)37-30(41)16-12-10-9-11-13-21-34/h17-20,23,25H,5-16,21-22H2,1-4H3,(H,35,42)(H,37,41)(H,38,39). The van der Waals surface area contributed by atoms with Gasteiger partial charge in [0, 0.05) is 53.4 Å². The number of unbranched alkanes of at least 4 members (excludes halogenated alkanes) is 4. The summed E-state index contributed by atoms with van der Waals surface area (Å²) in [6.07, 6.45) is 13.0. The molecule has 0 spiro atoms. The minimum atomic E-state index is -0.160. The van der Waals surface area contributed by atoms with Crippen molar-refractivity contribution < 1.29 is 9.59 Å². The molecule has 2 amide bonds. The zero-order valence-electron chi connectivity index (χ0n) is 25.9. The number of carbonyl (C=O) groups is 2. The fourth-order valence-electron chi connectivity index (χ4n) is 5.35. The first-order valence-corrected chi connectivity index (χ1v) is 17.0. The van der Waals surface area contributed by atoms with Gasteiger partial charge in [0.15, 0.2) is 5.65 Å². The van der Waals surface area contributed by atoms with E-state index < -0.39 is 0 Å². The van der Waals surface area contributed by atoms with Crippen LogP contribution in [0.5, 0.6) is 0 Å². The highest BCUT2D eigenvalue weighted by Crippen LogP contribution is 2.31. The summed E-state index contributed by atoms with van der Waals surface area (Å²) in [4.78, 5) is 30.5. The van der Waals surface area contributed by atoms with Gasteiger partial charge in [-0.15, -0.1) is 0 Å². The molecule has 0 saturated heterocycles. The van der Waals surface area contributed by atoms with Gasteiger partial charge in [-0.1, -0.05) is 68.8 Å². The quantitative estimate of drug-likeness (QED) is 0.0910. The van der Waals surface area contributed by atoms with Crippen molar-refractivity contribution >= 4 is 50.2 Å². The Labute approximate surface area is 260 Å². The maximum absolute atomic E-state index is 13.2. The Balaban J connectivity index is 1.70. The van der Waals surface area contributed by atoms with Gasteiger partial charge in [-0.3, -0.25) is 9.59 Å². The van der Waals surface area contributed by atoms with Gasteiger partial charge in [-0.25, -0.2) is 9.67 Å². The van der Waals surface area contributed by atoms with Gasteiger partial charge >= 0.3 is 0 Å². The molecule has 0 radical (unpaired) electrons. The second-order valence-corrected chi connectivity index (χ2v) is 11.7. The molecule has 2 heterocycles. The number of hydrogen-bond acceptors (Lipinski definition) is 5. The zero-order valence-corrected chi connectivity index (χ0v) is 27.5. The van der Waals surface area contributed by atoms with E-state index in [-0.39, 0.29) is 11.8 Å². The van der Waals surface area contributed by atoms with E-state index in [9.17, 15) is 9.59 Å². The molecule has 0 saturated carbocycles. The normalized spacial score (nSPS) is 11.3. The number of fused-ring (bicyclic) bond motifs is 1. The number of benzene rings is 1. The van der Waals surface area contributed by atoms with Gasteiger partial charge < -0.3 is 16.0 Å². The number of nitrogens with one attached hydrogen (secondary N) is 3. The highest BCUT2D eigenvalue weighted by atomic mass is 79.9. The molecule has 9 heteroatoms. The molecule has 3 N–H and O–H groups in total. The first-order chi connectivity index (χ1) is 20.4. The Kier molecular flexibility index (Phi) is 14.3. The Morgan fingerprint density at radius 2 is 1.64 bits per heavy atom. The molecule has 8 nitrogen and oxygen atoms in total. The minimum Gasteiger partial charge on any atom is -0.381 e. The second-order valence-electron chi connectivity index (χ2n) is 10.9. The maximum atomic E-state index is 13.2. The molecule has 3 aromatic rings. The van der Waals surface area contributed by atoms with Gasteiger partial charge in [-0.05, 0) is 63.3 Å². The molecule has 0 fully saturated rings. The van der Waals surface area contributed by atoms with Crippen LogP contribution in [0.1, 0.15) is 114 Å². The molecule has 0 aliphatic rings. The van der Waals surface area contributed by atoms with E-state index in [0.717, 1.165) is 91.2 Å². The molecule has 3 rings (SSSR count). The van der Waals surface area contributed by atoms with E-state index in [1.54, 1.807) is 24.3 Å². The number of pyridine rings is 1. The third kappa shape index (κ3) is 9.54. The molecular weight excluding hydrogens is 592 g/mol. The lowest BCUT2D eigenvalue weighted by Crippen LogP contribution is -2.26. The van der Waals surface area contributed by atoms with Crippen LogP contribution in [0, 0.1) is 0 Å². The number of rotatable bonds is 19. The summed E-state index contributed by atoms with van der Waals surface area (Å²) in [5.74, 6) is -0.147. The molecule has 1 aromatic carbocycles. The average molecular weight is 642 g/mol. The number of anilines is 2. The van der Waals surface area contributed by atoms with E-state index in [2.05, 4.69) is 64.7 Å². The van der Waals surface area contributed by atoms with Crippen molar-refractivity contribution in [1.29, 1.82) is 0 Å². The lowest BCUT2D eigenvalue weighted by molar-refractivity contribution is -0.116. The van der Waals surface area contributed by atoms with Gasteiger partial charge in [0.1, 0.15) is 0 Å². The minimum absolute atomic E-state index is 0.0126. The van der Waals surface area contributed by atoms with Gasteiger partial charge in [-0.2, -0.15) is 5.10 Å². The number of aryl methyl sites for hydroxylation is 2. The van der Waals surface area contributed by atoms with E-state index in [1.807, 2.05) is 10.9 Å². The average Bonchev–Trinajstić information content (AvgIpc) is 3.41. The van der Waals surface area contributed by atoms with Crippen LogP contribution in [0.2, 0.25) is 0 Å². The van der Waals surface area contributed by atoms with Crippen LogP contribution in [-0.2, 0) is 24.3 Å². The Morgan fingerprint density at radius 3 is 2.29 bits per heavy atom. The van der Waals surface area contributed by atoms with Crippen molar-refractivity contribution in [2.45, 2.75) is 117 Å². The molecular formula is C33H49BrN6O2. The Bertz CT molecular complexity index is 1270. The van der Waals surface area contributed by atoms with E-state index in [0.29, 0.717) is 30.3 Å². The van der Waals surface area contributed by atoms with Crippen molar-refractivity contribution in [3.63, 3.8) is 0 Å². The van der Waals surface area contributed by atoms with Crippen LogP contribution in [0.4, 0.5) is 11.4 Å². The first-order valence-electron chi connectivity index (χ1n) is 15.8. The largest absolute Gasteiger partial charge is 0.381 e. The van der Waals surface area contributed by atoms with E-state index in [1.165, 1.54) is 12.8 Å². The van der Waals surface area contributed by atoms with Crippen molar-refractivity contribution in [3.05, 3.63) is 47.3 Å². The van der Waals surface area contributed by atoms with Crippen LogP contribution >= 0.6 is 15.9 Å². The second kappa shape index (κ2) is 17.9. The summed E-state index contributed by atoms with van der Waals surface area (Å²) < 4.78 is 1.93. The Morgan fingerprint density at radius 1 is 0.952 bits per heavy atom. The van der Waals surface area contributed by atoms with Crippen LogP contribution in [0.15, 0.2) is 30.5 Å². The highest BCUT2D eigenvalue weighted by Gasteiger charge is 2.20. The highest BCUT2D eigenvalue weighted by molar-refractivity contribution is 9.09. The lowest BCUT2D eigenvalue weighted by atomic mass is 10.0. The summed E-state index contributed by atoms with van der Waals surface area (Å²) in [5, 5.41) is 16.5. The smallest absolute Gasteiger partial charge is 0.251 e. The summed E-state index contributed by atoms with van der Waals surface area (Å²) >= 11 is 3.45. The number of nitrogens with zero attached hydrogens (tertiary/aromatic N) is 3. The monoisotopic (exact) mass is 640 g/mol. The number of aromatic nitrogens is 3. The van der Waals surface area contributed by atoms with Crippen molar-refractivity contribution in [3.8, 4) is 0 Å². The molecule has 0 unspecified atom stereocenters. The number of carbonyl (C=O) groups excluding carboxylic acids is 2.